The Hall–Kier alpha value is -1.96. The summed E-state index contributed by atoms with van der Waals surface area (Å²) in [7, 11) is 0. The first-order chi connectivity index (χ1) is 14.0. The van der Waals surface area contributed by atoms with Gasteiger partial charge in [-0.1, -0.05) is 38.3 Å². The number of hydrogen-bond acceptors (Lipinski definition) is 6. The van der Waals surface area contributed by atoms with Crippen LogP contribution in [0.4, 0.5) is 0 Å². The van der Waals surface area contributed by atoms with Crippen molar-refractivity contribution in [2.75, 3.05) is 13.1 Å². The molecule has 0 N–H and O–H groups in total. The summed E-state index contributed by atoms with van der Waals surface area (Å²) in [6, 6.07) is -0.0350. The number of hydrogen-bond donors (Lipinski definition) is 0. The van der Waals surface area contributed by atoms with E-state index in [0.717, 1.165) is 19.3 Å². The van der Waals surface area contributed by atoms with Gasteiger partial charge in [0.15, 0.2) is 5.82 Å². The van der Waals surface area contributed by atoms with Gasteiger partial charge in [-0.05, 0) is 25.7 Å². The first-order valence-corrected chi connectivity index (χ1v) is 11.0. The third kappa shape index (κ3) is 5.56. The Morgan fingerprint density at radius 3 is 2.62 bits per heavy atom. The van der Waals surface area contributed by atoms with Crippen LogP contribution in [0.25, 0.3) is 0 Å². The van der Waals surface area contributed by atoms with Crippen molar-refractivity contribution in [2.45, 2.75) is 96.9 Å². The Morgan fingerprint density at radius 2 is 2.00 bits per heavy atom. The quantitative estimate of drug-likeness (QED) is 0.659. The second kappa shape index (κ2) is 10.2. The van der Waals surface area contributed by atoms with Gasteiger partial charge in [0.1, 0.15) is 6.10 Å². The van der Waals surface area contributed by atoms with E-state index in [0.29, 0.717) is 44.2 Å². The molecule has 8 heteroatoms. The average Bonchev–Trinajstić information content (AvgIpc) is 3.39. The SMILES string of the molecule is CCc1nc(CN(C(C)=O)[C@@H]2CCN(C(=O)[C@@H](CC)OC3CCCCC3)C2)no1. The van der Waals surface area contributed by atoms with Crippen LogP contribution in [0.5, 0.6) is 0 Å². The third-order valence-corrected chi connectivity index (χ3v) is 6.00. The highest BCUT2D eigenvalue weighted by Crippen LogP contribution is 2.24. The van der Waals surface area contributed by atoms with Gasteiger partial charge in [-0.15, -0.1) is 0 Å². The number of carbonyl (C=O) groups excluding carboxylic acids is 2. The van der Waals surface area contributed by atoms with E-state index >= 15 is 0 Å². The van der Waals surface area contributed by atoms with Crippen LogP contribution >= 0.6 is 0 Å². The summed E-state index contributed by atoms with van der Waals surface area (Å²) in [6.45, 7) is 6.97. The third-order valence-electron chi connectivity index (χ3n) is 6.00. The van der Waals surface area contributed by atoms with Gasteiger partial charge in [-0.2, -0.15) is 4.98 Å². The Bertz CT molecular complexity index is 686. The molecule has 0 radical (unpaired) electrons. The molecule has 1 aliphatic heterocycles. The molecule has 0 aromatic carbocycles. The summed E-state index contributed by atoms with van der Waals surface area (Å²) >= 11 is 0. The fourth-order valence-electron chi connectivity index (χ4n) is 4.31. The van der Waals surface area contributed by atoms with Crippen molar-refractivity contribution >= 4 is 11.8 Å². The molecule has 0 spiro atoms. The van der Waals surface area contributed by atoms with Gasteiger partial charge in [-0.25, -0.2) is 0 Å². The number of carbonyl (C=O) groups is 2. The van der Waals surface area contributed by atoms with Crippen LogP contribution in [0.15, 0.2) is 4.52 Å². The summed E-state index contributed by atoms with van der Waals surface area (Å²) in [5, 5.41) is 3.96. The molecule has 2 aliphatic rings. The van der Waals surface area contributed by atoms with E-state index < -0.39 is 0 Å². The number of nitrogens with zero attached hydrogens (tertiary/aromatic N) is 4. The van der Waals surface area contributed by atoms with Crippen LogP contribution in [0.1, 0.15) is 77.4 Å². The molecular formula is C21H34N4O4. The van der Waals surface area contributed by atoms with Gasteiger partial charge in [0.2, 0.25) is 11.8 Å². The maximum atomic E-state index is 13.0. The number of aromatic nitrogens is 2. The summed E-state index contributed by atoms with van der Waals surface area (Å²) in [5.74, 6) is 1.08. The lowest BCUT2D eigenvalue weighted by atomic mass is 9.97. The molecule has 1 aromatic rings. The highest BCUT2D eigenvalue weighted by molar-refractivity contribution is 5.81. The molecule has 1 saturated carbocycles. The molecule has 2 atom stereocenters. The van der Waals surface area contributed by atoms with Crippen molar-refractivity contribution in [1.82, 2.24) is 19.9 Å². The highest BCUT2D eigenvalue weighted by atomic mass is 16.5. The number of aryl methyl sites for hydroxylation is 1. The predicted octanol–water partition coefficient (Wildman–Crippen LogP) is 2.71. The average molecular weight is 407 g/mol. The molecule has 1 saturated heterocycles. The van der Waals surface area contributed by atoms with Gasteiger partial charge in [0.25, 0.3) is 5.91 Å². The first-order valence-electron chi connectivity index (χ1n) is 11.0. The minimum Gasteiger partial charge on any atom is -0.365 e. The highest BCUT2D eigenvalue weighted by Gasteiger charge is 2.35. The van der Waals surface area contributed by atoms with Gasteiger partial charge < -0.3 is 19.1 Å². The largest absolute Gasteiger partial charge is 0.365 e. The van der Waals surface area contributed by atoms with Crippen molar-refractivity contribution in [3.8, 4) is 0 Å². The first kappa shape index (κ1) is 21.7. The standard InChI is InChI=1S/C21H34N4O4/c1-4-18(28-17-9-7-6-8-10-17)21(27)24-12-11-16(13-24)25(15(3)26)14-19-22-20(5-2)29-23-19/h16-18H,4-14H2,1-3H3/t16-,18-/m1/s1. The van der Waals surface area contributed by atoms with E-state index in [-0.39, 0.29) is 30.1 Å². The van der Waals surface area contributed by atoms with E-state index in [1.54, 1.807) is 11.8 Å². The maximum absolute atomic E-state index is 13.0. The molecular weight excluding hydrogens is 372 g/mol. The van der Waals surface area contributed by atoms with Crippen LogP contribution in [-0.2, 0) is 27.3 Å². The number of amides is 2. The Morgan fingerprint density at radius 1 is 1.24 bits per heavy atom. The molecule has 1 aromatic heterocycles. The Balaban J connectivity index is 1.58. The van der Waals surface area contributed by atoms with Crippen molar-refractivity contribution in [3.05, 3.63) is 11.7 Å². The van der Waals surface area contributed by atoms with Crippen molar-refractivity contribution in [2.24, 2.45) is 0 Å². The zero-order chi connectivity index (χ0) is 20.8. The molecule has 29 heavy (non-hydrogen) atoms. The lowest BCUT2D eigenvalue weighted by Gasteiger charge is -2.30. The minimum absolute atomic E-state index is 0.0350. The van der Waals surface area contributed by atoms with Crippen LogP contribution in [-0.4, -0.2) is 63.1 Å². The molecule has 2 amide bonds. The molecule has 3 rings (SSSR count). The molecule has 1 aliphatic carbocycles. The number of ether oxygens (including phenoxy) is 1. The number of likely N-dealkylation sites (tertiary alicyclic amines) is 1. The summed E-state index contributed by atoms with van der Waals surface area (Å²) in [6.07, 6.45) is 7.65. The summed E-state index contributed by atoms with van der Waals surface area (Å²) < 4.78 is 11.3. The zero-order valence-electron chi connectivity index (χ0n) is 17.9. The molecule has 2 fully saturated rings. The fourth-order valence-corrected chi connectivity index (χ4v) is 4.31. The Kier molecular flexibility index (Phi) is 7.64. The van der Waals surface area contributed by atoms with Crippen LogP contribution in [0, 0.1) is 0 Å². The normalized spacial score (nSPS) is 21.3. The van der Waals surface area contributed by atoms with E-state index in [4.69, 9.17) is 9.26 Å². The second-order valence-electron chi connectivity index (χ2n) is 8.12. The fraction of sp³-hybridized carbons (Fsp3) is 0.810. The Labute approximate surface area is 172 Å². The molecule has 8 nitrogen and oxygen atoms in total. The van der Waals surface area contributed by atoms with E-state index in [1.807, 2.05) is 18.7 Å². The summed E-state index contributed by atoms with van der Waals surface area (Å²) in [4.78, 5) is 33.2. The predicted molar refractivity (Wildman–Crippen MR) is 107 cm³/mol. The monoisotopic (exact) mass is 406 g/mol. The molecule has 162 valence electrons. The van der Waals surface area contributed by atoms with Crippen LogP contribution < -0.4 is 0 Å². The van der Waals surface area contributed by atoms with Gasteiger partial charge in [0.05, 0.1) is 18.7 Å². The van der Waals surface area contributed by atoms with Gasteiger partial charge in [0, 0.05) is 26.4 Å². The maximum Gasteiger partial charge on any atom is 0.251 e. The second-order valence-corrected chi connectivity index (χ2v) is 8.12. The van der Waals surface area contributed by atoms with Gasteiger partial charge >= 0.3 is 0 Å². The van der Waals surface area contributed by atoms with Crippen molar-refractivity contribution < 1.29 is 18.8 Å². The lowest BCUT2D eigenvalue weighted by molar-refractivity contribution is -0.148. The smallest absolute Gasteiger partial charge is 0.251 e. The molecule has 0 bridgehead atoms. The van der Waals surface area contributed by atoms with Crippen LogP contribution in [0.3, 0.4) is 0 Å². The minimum atomic E-state index is -0.382. The summed E-state index contributed by atoms with van der Waals surface area (Å²) in [5.41, 5.74) is 0. The van der Waals surface area contributed by atoms with Gasteiger partial charge in [-0.3, -0.25) is 9.59 Å². The molecule has 0 unspecified atom stereocenters. The van der Waals surface area contributed by atoms with Crippen molar-refractivity contribution in [1.29, 1.82) is 0 Å². The number of rotatable bonds is 8. The molecule has 2 heterocycles. The van der Waals surface area contributed by atoms with Crippen molar-refractivity contribution in [3.63, 3.8) is 0 Å². The van der Waals surface area contributed by atoms with E-state index in [2.05, 4.69) is 10.1 Å². The topological polar surface area (TPSA) is 88.8 Å². The zero-order valence-corrected chi connectivity index (χ0v) is 17.9. The van der Waals surface area contributed by atoms with E-state index in [9.17, 15) is 9.59 Å². The van der Waals surface area contributed by atoms with Crippen LogP contribution in [0.2, 0.25) is 0 Å². The lowest BCUT2D eigenvalue weighted by Crippen LogP contribution is -2.44. The van der Waals surface area contributed by atoms with E-state index in [1.165, 1.54) is 19.3 Å².